The van der Waals surface area contributed by atoms with Crippen LogP contribution in [-0.2, 0) is 0 Å². The van der Waals surface area contributed by atoms with Crippen molar-refractivity contribution in [3.63, 3.8) is 0 Å². The lowest BCUT2D eigenvalue weighted by Crippen LogP contribution is -2.47. The number of nitriles is 1. The predicted octanol–water partition coefficient (Wildman–Crippen LogP) is 1.98. The molecular formula is C16H17N5. The van der Waals surface area contributed by atoms with Crippen LogP contribution < -0.4 is 9.80 Å². The molecule has 0 aliphatic carbocycles. The molecule has 0 amide bonds. The van der Waals surface area contributed by atoms with Crippen LogP contribution in [0.4, 0.5) is 11.6 Å². The molecule has 0 radical (unpaired) electrons. The molecule has 1 saturated heterocycles. The van der Waals surface area contributed by atoms with E-state index in [0.29, 0.717) is 11.6 Å². The van der Waals surface area contributed by atoms with Gasteiger partial charge in [0.25, 0.3) is 0 Å². The van der Waals surface area contributed by atoms with Crippen LogP contribution in [0.1, 0.15) is 11.3 Å². The number of aryl methyl sites for hydroxylation is 1. The van der Waals surface area contributed by atoms with E-state index in [4.69, 9.17) is 5.26 Å². The van der Waals surface area contributed by atoms with Crippen molar-refractivity contribution in [3.05, 3.63) is 47.8 Å². The monoisotopic (exact) mass is 279 g/mol. The van der Waals surface area contributed by atoms with Crippen molar-refractivity contribution in [1.29, 1.82) is 5.26 Å². The van der Waals surface area contributed by atoms with E-state index in [1.54, 1.807) is 12.3 Å². The van der Waals surface area contributed by atoms with Gasteiger partial charge in [-0.15, -0.1) is 0 Å². The van der Waals surface area contributed by atoms with Crippen molar-refractivity contribution >= 4 is 11.6 Å². The first-order chi connectivity index (χ1) is 10.3. The maximum Gasteiger partial charge on any atom is 0.226 e. The molecule has 1 aromatic carbocycles. The third-order valence-corrected chi connectivity index (χ3v) is 3.69. The molecule has 5 nitrogen and oxygen atoms in total. The van der Waals surface area contributed by atoms with Gasteiger partial charge in [0.2, 0.25) is 5.95 Å². The third kappa shape index (κ3) is 2.95. The molecule has 1 aliphatic heterocycles. The van der Waals surface area contributed by atoms with E-state index in [1.807, 2.05) is 0 Å². The Morgan fingerprint density at radius 3 is 2.57 bits per heavy atom. The Morgan fingerprint density at radius 2 is 1.86 bits per heavy atom. The Balaban J connectivity index is 1.69. The topological polar surface area (TPSA) is 56.0 Å². The van der Waals surface area contributed by atoms with E-state index in [0.717, 1.165) is 26.2 Å². The van der Waals surface area contributed by atoms with Crippen LogP contribution in [-0.4, -0.2) is 36.1 Å². The van der Waals surface area contributed by atoms with Gasteiger partial charge >= 0.3 is 0 Å². The minimum Gasteiger partial charge on any atom is -0.368 e. The highest BCUT2D eigenvalue weighted by molar-refractivity contribution is 5.50. The minimum atomic E-state index is 0.418. The number of aromatic nitrogens is 2. The summed E-state index contributed by atoms with van der Waals surface area (Å²) in [5, 5.41) is 8.91. The quantitative estimate of drug-likeness (QED) is 0.841. The smallest absolute Gasteiger partial charge is 0.226 e. The number of hydrogen-bond acceptors (Lipinski definition) is 5. The van der Waals surface area contributed by atoms with Crippen molar-refractivity contribution < 1.29 is 0 Å². The lowest BCUT2D eigenvalue weighted by Gasteiger charge is -2.36. The van der Waals surface area contributed by atoms with E-state index < -0.39 is 0 Å². The predicted molar refractivity (Wildman–Crippen MR) is 82.4 cm³/mol. The zero-order valence-electron chi connectivity index (χ0n) is 12.0. The van der Waals surface area contributed by atoms with Crippen molar-refractivity contribution in [2.75, 3.05) is 36.0 Å². The number of nitrogens with zero attached hydrogens (tertiary/aromatic N) is 5. The Kier molecular flexibility index (Phi) is 3.69. The first-order valence-corrected chi connectivity index (χ1v) is 7.06. The van der Waals surface area contributed by atoms with Crippen molar-refractivity contribution in [3.8, 4) is 6.07 Å². The molecule has 0 unspecified atom stereocenters. The zero-order valence-corrected chi connectivity index (χ0v) is 12.0. The summed E-state index contributed by atoms with van der Waals surface area (Å²) in [6.45, 7) is 5.71. The highest BCUT2D eigenvalue weighted by Gasteiger charge is 2.19. The van der Waals surface area contributed by atoms with Gasteiger partial charge in [-0.3, -0.25) is 0 Å². The van der Waals surface area contributed by atoms with Crippen LogP contribution in [0.3, 0.4) is 0 Å². The summed E-state index contributed by atoms with van der Waals surface area (Å²) in [6, 6.07) is 12.3. The summed E-state index contributed by atoms with van der Waals surface area (Å²) in [6.07, 6.45) is 1.65. The molecule has 0 saturated carbocycles. The second kappa shape index (κ2) is 5.80. The second-order valence-corrected chi connectivity index (χ2v) is 5.17. The lowest BCUT2D eigenvalue weighted by atomic mass is 10.2. The summed E-state index contributed by atoms with van der Waals surface area (Å²) in [5.41, 5.74) is 2.96. The summed E-state index contributed by atoms with van der Waals surface area (Å²) in [7, 11) is 0. The minimum absolute atomic E-state index is 0.418. The molecule has 1 fully saturated rings. The molecule has 0 atom stereocenters. The van der Waals surface area contributed by atoms with Gasteiger partial charge in [0.1, 0.15) is 11.8 Å². The standard InChI is InChI=1S/C16H17N5/c1-13-3-2-4-15(11-13)20-7-9-21(10-8-20)16-18-6-5-14(12-17)19-16/h2-6,11H,7-10H2,1H3. The molecule has 21 heavy (non-hydrogen) atoms. The highest BCUT2D eigenvalue weighted by Crippen LogP contribution is 2.19. The number of benzene rings is 1. The van der Waals surface area contributed by atoms with E-state index in [2.05, 4.69) is 57.0 Å². The fourth-order valence-electron chi connectivity index (χ4n) is 2.55. The molecule has 106 valence electrons. The van der Waals surface area contributed by atoms with Crippen molar-refractivity contribution in [1.82, 2.24) is 9.97 Å². The molecule has 0 bridgehead atoms. The fourth-order valence-corrected chi connectivity index (χ4v) is 2.55. The van der Waals surface area contributed by atoms with Crippen LogP contribution in [0.25, 0.3) is 0 Å². The Morgan fingerprint density at radius 1 is 1.10 bits per heavy atom. The Bertz CT molecular complexity index is 668. The lowest BCUT2D eigenvalue weighted by molar-refractivity contribution is 0.639. The van der Waals surface area contributed by atoms with E-state index in [-0.39, 0.29) is 0 Å². The Hall–Kier alpha value is -2.61. The Labute approximate surface area is 124 Å². The van der Waals surface area contributed by atoms with Crippen molar-refractivity contribution in [2.45, 2.75) is 6.92 Å². The van der Waals surface area contributed by atoms with Crippen LogP contribution in [0, 0.1) is 18.3 Å². The maximum atomic E-state index is 8.91. The first-order valence-electron chi connectivity index (χ1n) is 7.06. The van der Waals surface area contributed by atoms with E-state index in [1.165, 1.54) is 11.3 Å². The zero-order chi connectivity index (χ0) is 14.7. The van der Waals surface area contributed by atoms with Gasteiger partial charge in [-0.1, -0.05) is 12.1 Å². The molecule has 3 rings (SSSR count). The molecule has 1 aliphatic rings. The molecule has 5 heteroatoms. The van der Waals surface area contributed by atoms with Gasteiger partial charge < -0.3 is 9.80 Å². The van der Waals surface area contributed by atoms with Crippen LogP contribution in [0.5, 0.6) is 0 Å². The summed E-state index contributed by atoms with van der Waals surface area (Å²) < 4.78 is 0. The molecule has 0 N–H and O–H groups in total. The molecule has 2 heterocycles. The molecule has 1 aromatic heterocycles. The van der Waals surface area contributed by atoms with Gasteiger partial charge in [0.05, 0.1) is 0 Å². The first kappa shape index (κ1) is 13.4. The van der Waals surface area contributed by atoms with Crippen LogP contribution >= 0.6 is 0 Å². The van der Waals surface area contributed by atoms with Crippen molar-refractivity contribution in [2.24, 2.45) is 0 Å². The number of anilines is 2. The van der Waals surface area contributed by atoms with Gasteiger partial charge in [0.15, 0.2) is 0 Å². The molecule has 0 spiro atoms. The summed E-state index contributed by atoms with van der Waals surface area (Å²) in [5.74, 6) is 0.651. The summed E-state index contributed by atoms with van der Waals surface area (Å²) in [4.78, 5) is 13.0. The SMILES string of the molecule is Cc1cccc(N2CCN(c3nccc(C#N)n3)CC2)c1. The normalized spacial score (nSPS) is 14.9. The molecule has 2 aromatic rings. The summed E-state index contributed by atoms with van der Waals surface area (Å²) >= 11 is 0. The number of rotatable bonds is 2. The highest BCUT2D eigenvalue weighted by atomic mass is 15.3. The number of hydrogen-bond donors (Lipinski definition) is 0. The second-order valence-electron chi connectivity index (χ2n) is 5.17. The van der Waals surface area contributed by atoms with E-state index >= 15 is 0 Å². The third-order valence-electron chi connectivity index (χ3n) is 3.69. The largest absolute Gasteiger partial charge is 0.368 e. The average molecular weight is 279 g/mol. The maximum absolute atomic E-state index is 8.91. The van der Waals surface area contributed by atoms with Gasteiger partial charge in [-0.2, -0.15) is 5.26 Å². The molecular weight excluding hydrogens is 262 g/mol. The van der Waals surface area contributed by atoms with E-state index in [9.17, 15) is 0 Å². The van der Waals surface area contributed by atoms with Gasteiger partial charge in [-0.05, 0) is 30.7 Å². The van der Waals surface area contributed by atoms with Crippen LogP contribution in [0.15, 0.2) is 36.5 Å². The fraction of sp³-hybridized carbons (Fsp3) is 0.312. The average Bonchev–Trinajstić information content (AvgIpc) is 2.55. The number of piperazine rings is 1. The van der Waals surface area contributed by atoms with Gasteiger partial charge in [-0.25, -0.2) is 9.97 Å². The van der Waals surface area contributed by atoms with Gasteiger partial charge in [0, 0.05) is 38.1 Å². The van der Waals surface area contributed by atoms with Crippen LogP contribution in [0.2, 0.25) is 0 Å².